The van der Waals surface area contributed by atoms with Crippen LogP contribution in [0.3, 0.4) is 0 Å². The molecule has 0 atom stereocenters. The van der Waals surface area contributed by atoms with E-state index in [0.717, 1.165) is 5.69 Å². The Kier molecular flexibility index (Phi) is 3.99. The number of benzene rings is 1. The highest BCUT2D eigenvalue weighted by Gasteiger charge is 2.09. The molecule has 1 aromatic carbocycles. The first-order chi connectivity index (χ1) is 9.56. The second-order valence-corrected chi connectivity index (χ2v) is 4.22. The zero-order chi connectivity index (χ0) is 14.5. The van der Waals surface area contributed by atoms with Crippen LogP contribution < -0.4 is 10.6 Å². The van der Waals surface area contributed by atoms with E-state index in [1.165, 1.54) is 12.4 Å². The lowest BCUT2D eigenvalue weighted by Gasteiger charge is -2.08. The molecule has 0 unspecified atom stereocenters. The number of hydrogen-bond acceptors (Lipinski definition) is 3. The number of H-pyrrole nitrogens is 1. The molecule has 0 saturated carbocycles. The van der Waals surface area contributed by atoms with Crippen LogP contribution in [0.5, 0.6) is 0 Å². The highest BCUT2D eigenvalue weighted by molar-refractivity contribution is 5.94. The zero-order valence-corrected chi connectivity index (χ0v) is 10.8. The average Bonchev–Trinajstić information content (AvgIpc) is 2.91. The summed E-state index contributed by atoms with van der Waals surface area (Å²) in [5.41, 5.74) is 2.00. The van der Waals surface area contributed by atoms with Gasteiger partial charge in [0.1, 0.15) is 0 Å². The molecule has 0 bridgehead atoms. The van der Waals surface area contributed by atoms with E-state index in [-0.39, 0.29) is 5.56 Å². The standard InChI is InChI=1S/C13H14N4O3/c1-8-2-3-9(4-11(8)12(18)19)17-13(20)15-6-10-5-14-7-16-10/h2-5,7H,6H2,1H3,(H,14,16)(H,18,19)(H2,15,17,20). The van der Waals surface area contributed by atoms with Crippen LogP contribution in [0.4, 0.5) is 10.5 Å². The van der Waals surface area contributed by atoms with Gasteiger partial charge in [0.25, 0.3) is 0 Å². The van der Waals surface area contributed by atoms with Gasteiger partial charge in [0.15, 0.2) is 0 Å². The SMILES string of the molecule is Cc1ccc(NC(=O)NCc2cnc[nH]2)cc1C(=O)O. The van der Waals surface area contributed by atoms with Crippen molar-refractivity contribution in [1.29, 1.82) is 0 Å². The minimum atomic E-state index is -1.02. The normalized spacial score (nSPS) is 10.1. The summed E-state index contributed by atoms with van der Waals surface area (Å²) < 4.78 is 0. The molecule has 20 heavy (non-hydrogen) atoms. The fourth-order valence-corrected chi connectivity index (χ4v) is 1.66. The first-order valence-corrected chi connectivity index (χ1v) is 5.92. The maximum absolute atomic E-state index is 11.7. The number of carboxylic acid groups (broad SMARTS) is 1. The van der Waals surface area contributed by atoms with E-state index < -0.39 is 12.0 Å². The van der Waals surface area contributed by atoms with E-state index in [2.05, 4.69) is 20.6 Å². The van der Waals surface area contributed by atoms with Crippen LogP contribution in [-0.2, 0) is 6.54 Å². The van der Waals surface area contributed by atoms with Gasteiger partial charge in [0.05, 0.1) is 24.1 Å². The smallest absolute Gasteiger partial charge is 0.336 e. The largest absolute Gasteiger partial charge is 0.478 e. The van der Waals surface area contributed by atoms with Crippen LogP contribution >= 0.6 is 0 Å². The second-order valence-electron chi connectivity index (χ2n) is 4.22. The number of carbonyl (C=O) groups is 2. The Balaban J connectivity index is 1.97. The number of amides is 2. The number of imidazole rings is 1. The number of nitrogens with zero attached hydrogens (tertiary/aromatic N) is 1. The topological polar surface area (TPSA) is 107 Å². The van der Waals surface area contributed by atoms with Gasteiger partial charge in [-0.3, -0.25) is 0 Å². The van der Waals surface area contributed by atoms with Crippen molar-refractivity contribution in [3.63, 3.8) is 0 Å². The first kappa shape index (κ1) is 13.6. The van der Waals surface area contributed by atoms with Crippen molar-refractivity contribution in [2.24, 2.45) is 0 Å². The number of aromatic nitrogens is 2. The summed E-state index contributed by atoms with van der Waals surface area (Å²) in [6.07, 6.45) is 3.13. The average molecular weight is 274 g/mol. The maximum atomic E-state index is 11.7. The van der Waals surface area contributed by atoms with Crippen LogP contribution in [0.15, 0.2) is 30.7 Å². The molecular weight excluding hydrogens is 260 g/mol. The fraction of sp³-hybridized carbons (Fsp3) is 0.154. The number of aryl methyl sites for hydroxylation is 1. The summed E-state index contributed by atoms with van der Waals surface area (Å²) in [7, 11) is 0. The van der Waals surface area contributed by atoms with E-state index in [1.807, 2.05) is 0 Å². The molecule has 0 radical (unpaired) electrons. The maximum Gasteiger partial charge on any atom is 0.336 e. The molecule has 7 nitrogen and oxygen atoms in total. The molecule has 0 fully saturated rings. The molecular formula is C13H14N4O3. The Labute approximate surface area is 115 Å². The van der Waals surface area contributed by atoms with Gasteiger partial charge in [-0.05, 0) is 24.6 Å². The molecule has 0 spiro atoms. The number of anilines is 1. The first-order valence-electron chi connectivity index (χ1n) is 5.92. The van der Waals surface area contributed by atoms with Crippen LogP contribution in [0.2, 0.25) is 0 Å². The van der Waals surface area contributed by atoms with Crippen LogP contribution in [0, 0.1) is 6.92 Å². The number of urea groups is 1. The monoisotopic (exact) mass is 274 g/mol. The van der Waals surface area contributed by atoms with Crippen LogP contribution in [-0.4, -0.2) is 27.1 Å². The summed E-state index contributed by atoms with van der Waals surface area (Å²) in [4.78, 5) is 29.4. The molecule has 0 aliphatic heterocycles. The van der Waals surface area contributed by atoms with E-state index in [0.29, 0.717) is 17.8 Å². The van der Waals surface area contributed by atoms with Crippen molar-refractivity contribution < 1.29 is 14.7 Å². The fourth-order valence-electron chi connectivity index (χ4n) is 1.66. The number of carboxylic acids is 1. The van der Waals surface area contributed by atoms with Crippen LogP contribution in [0.1, 0.15) is 21.6 Å². The van der Waals surface area contributed by atoms with E-state index in [1.54, 1.807) is 25.3 Å². The number of rotatable bonds is 4. The van der Waals surface area contributed by atoms with Gasteiger partial charge in [0.2, 0.25) is 0 Å². The summed E-state index contributed by atoms with van der Waals surface area (Å²) in [5, 5.41) is 14.2. The van der Waals surface area contributed by atoms with Gasteiger partial charge in [-0.25, -0.2) is 14.6 Å². The van der Waals surface area contributed by atoms with Crippen molar-refractivity contribution in [3.8, 4) is 0 Å². The lowest BCUT2D eigenvalue weighted by atomic mass is 10.1. The van der Waals surface area contributed by atoms with Gasteiger partial charge < -0.3 is 20.7 Å². The third-order valence-electron chi connectivity index (χ3n) is 2.72. The summed E-state index contributed by atoms with van der Waals surface area (Å²) >= 11 is 0. The predicted octanol–water partition coefficient (Wildman–Crippen LogP) is 1.74. The third-order valence-corrected chi connectivity index (χ3v) is 2.72. The molecule has 0 aliphatic carbocycles. The highest BCUT2D eigenvalue weighted by atomic mass is 16.4. The minimum Gasteiger partial charge on any atom is -0.478 e. The summed E-state index contributed by atoms with van der Waals surface area (Å²) in [5.74, 6) is -1.02. The molecule has 0 aliphatic rings. The molecule has 1 aromatic heterocycles. The molecule has 104 valence electrons. The lowest BCUT2D eigenvalue weighted by Crippen LogP contribution is -2.28. The number of nitrogens with one attached hydrogen (secondary N) is 3. The lowest BCUT2D eigenvalue weighted by molar-refractivity contribution is 0.0696. The van der Waals surface area contributed by atoms with Gasteiger partial charge in [0, 0.05) is 11.9 Å². The van der Waals surface area contributed by atoms with Crippen molar-refractivity contribution in [2.45, 2.75) is 13.5 Å². The molecule has 2 rings (SSSR count). The number of carbonyl (C=O) groups excluding carboxylic acids is 1. The van der Waals surface area contributed by atoms with E-state index in [9.17, 15) is 9.59 Å². The van der Waals surface area contributed by atoms with Crippen LogP contribution in [0.25, 0.3) is 0 Å². The van der Waals surface area contributed by atoms with Crippen molar-refractivity contribution in [3.05, 3.63) is 47.5 Å². The number of aromatic amines is 1. The Bertz CT molecular complexity index is 623. The minimum absolute atomic E-state index is 0.163. The van der Waals surface area contributed by atoms with Crippen molar-refractivity contribution in [1.82, 2.24) is 15.3 Å². The van der Waals surface area contributed by atoms with Gasteiger partial charge >= 0.3 is 12.0 Å². The Morgan fingerprint density at radius 3 is 2.85 bits per heavy atom. The Hall–Kier alpha value is -2.83. The van der Waals surface area contributed by atoms with Gasteiger partial charge in [-0.2, -0.15) is 0 Å². The van der Waals surface area contributed by atoms with Crippen molar-refractivity contribution in [2.75, 3.05) is 5.32 Å². The van der Waals surface area contributed by atoms with Gasteiger partial charge in [-0.1, -0.05) is 6.07 Å². The third kappa shape index (κ3) is 3.35. The quantitative estimate of drug-likeness (QED) is 0.681. The number of aromatic carboxylic acids is 1. The Morgan fingerprint density at radius 1 is 1.40 bits per heavy atom. The van der Waals surface area contributed by atoms with Crippen molar-refractivity contribution >= 4 is 17.7 Å². The predicted molar refractivity (Wildman–Crippen MR) is 72.6 cm³/mol. The molecule has 0 saturated heterocycles. The molecule has 7 heteroatoms. The molecule has 1 heterocycles. The van der Waals surface area contributed by atoms with E-state index >= 15 is 0 Å². The molecule has 4 N–H and O–H groups in total. The molecule has 2 aromatic rings. The number of hydrogen-bond donors (Lipinski definition) is 4. The zero-order valence-electron chi connectivity index (χ0n) is 10.8. The van der Waals surface area contributed by atoms with Gasteiger partial charge in [-0.15, -0.1) is 0 Å². The van der Waals surface area contributed by atoms with E-state index in [4.69, 9.17) is 5.11 Å². The Morgan fingerprint density at radius 2 is 2.20 bits per heavy atom. The summed E-state index contributed by atoms with van der Waals surface area (Å²) in [6.45, 7) is 2.01. The highest BCUT2D eigenvalue weighted by Crippen LogP contribution is 2.15. The second kappa shape index (κ2) is 5.87. The molecule has 2 amide bonds. The summed E-state index contributed by atoms with van der Waals surface area (Å²) in [6, 6.07) is 4.30.